The zero-order chi connectivity index (χ0) is 22.5. The smallest absolute Gasteiger partial charge is 0.171 e. The summed E-state index contributed by atoms with van der Waals surface area (Å²) in [4.78, 5) is 11.5. The number of rotatable bonds is 6. The maximum absolute atomic E-state index is 9.79. The number of phenols is 1. The van der Waals surface area contributed by atoms with Gasteiger partial charge >= 0.3 is 0 Å². The molecule has 1 fully saturated rings. The lowest BCUT2D eigenvalue weighted by Crippen LogP contribution is -2.38. The summed E-state index contributed by atoms with van der Waals surface area (Å²) >= 11 is 17.5. The van der Waals surface area contributed by atoms with E-state index in [2.05, 4.69) is 25.5 Å². The Balaban J connectivity index is 1.38. The number of benzene rings is 2. The van der Waals surface area contributed by atoms with Crippen molar-refractivity contribution in [2.45, 2.75) is 6.42 Å². The molecular formula is C22H23Cl2N5O2S. The van der Waals surface area contributed by atoms with Gasteiger partial charge in [0, 0.05) is 19.6 Å². The third-order valence-electron chi connectivity index (χ3n) is 5.17. The third-order valence-corrected chi connectivity index (χ3v) is 6.00. The molecular weight excluding hydrogens is 469 g/mol. The molecule has 32 heavy (non-hydrogen) atoms. The zero-order valence-electron chi connectivity index (χ0n) is 17.3. The molecule has 0 saturated carbocycles. The maximum atomic E-state index is 9.79. The van der Waals surface area contributed by atoms with E-state index in [9.17, 15) is 5.11 Å². The van der Waals surface area contributed by atoms with E-state index in [1.165, 1.54) is 0 Å². The summed E-state index contributed by atoms with van der Waals surface area (Å²) in [7, 11) is 0. The molecule has 0 aliphatic carbocycles. The number of halogens is 2. The molecule has 7 nitrogen and oxygen atoms in total. The number of aromatic nitrogens is 2. The van der Waals surface area contributed by atoms with Crippen LogP contribution in [0, 0.1) is 0 Å². The normalized spacial score (nSPS) is 14.4. The van der Waals surface area contributed by atoms with Gasteiger partial charge in [-0.05, 0) is 60.6 Å². The fourth-order valence-corrected chi connectivity index (χ4v) is 4.17. The first-order chi connectivity index (χ1) is 15.5. The number of anilines is 1. The second-order valence-electron chi connectivity index (χ2n) is 7.44. The largest absolute Gasteiger partial charge is 0.505 e. The molecule has 0 radical (unpaired) electrons. The predicted octanol–water partition coefficient (Wildman–Crippen LogP) is 4.32. The Hall–Kier alpha value is -2.23. The second-order valence-corrected chi connectivity index (χ2v) is 8.66. The maximum Gasteiger partial charge on any atom is 0.171 e. The fraction of sp³-hybridized carbons (Fsp3) is 0.318. The Bertz CT molecular complexity index is 1100. The van der Waals surface area contributed by atoms with Crippen LogP contribution in [0.2, 0.25) is 10.0 Å². The molecule has 1 aliphatic heterocycles. The highest BCUT2D eigenvalue weighted by atomic mass is 35.5. The third kappa shape index (κ3) is 5.76. The van der Waals surface area contributed by atoms with Crippen LogP contribution in [0.3, 0.4) is 0 Å². The summed E-state index contributed by atoms with van der Waals surface area (Å²) in [6.45, 7) is 5.38. The summed E-state index contributed by atoms with van der Waals surface area (Å²) < 4.78 is 5.37. The number of ether oxygens (including phenoxy) is 1. The lowest BCUT2D eigenvalue weighted by atomic mass is 10.0. The lowest BCUT2D eigenvalue weighted by molar-refractivity contribution is 0.0376. The average molecular weight is 492 g/mol. The average Bonchev–Trinajstić information content (AvgIpc) is 2.80. The number of fused-ring (bicyclic) bond motifs is 1. The van der Waals surface area contributed by atoms with Gasteiger partial charge in [-0.2, -0.15) is 0 Å². The summed E-state index contributed by atoms with van der Waals surface area (Å²) in [5, 5.41) is 17.0. The minimum atomic E-state index is -0.130. The number of hydrogen-bond donors (Lipinski definition) is 3. The number of morpholine rings is 1. The van der Waals surface area contributed by atoms with Gasteiger partial charge in [0.05, 0.1) is 40.5 Å². The van der Waals surface area contributed by atoms with Gasteiger partial charge in [-0.3, -0.25) is 9.88 Å². The molecule has 2 heterocycles. The van der Waals surface area contributed by atoms with E-state index in [1.807, 2.05) is 18.2 Å². The van der Waals surface area contributed by atoms with Crippen LogP contribution in [-0.4, -0.2) is 64.5 Å². The van der Waals surface area contributed by atoms with Gasteiger partial charge in [-0.1, -0.05) is 29.3 Å². The number of thiocarbonyl (C=S) groups is 1. The van der Waals surface area contributed by atoms with Crippen LogP contribution in [0.1, 0.15) is 6.42 Å². The SMILES string of the molecule is Oc1c(Cl)cc(-c2ccc3ncc(NC(=S)NCCCN4CCOCC4)nc3c2)cc1Cl. The van der Waals surface area contributed by atoms with Gasteiger partial charge < -0.3 is 20.5 Å². The van der Waals surface area contributed by atoms with Gasteiger partial charge in [0.2, 0.25) is 0 Å². The lowest BCUT2D eigenvalue weighted by Gasteiger charge is -2.26. The first-order valence-corrected chi connectivity index (χ1v) is 11.5. The highest BCUT2D eigenvalue weighted by molar-refractivity contribution is 7.80. The highest BCUT2D eigenvalue weighted by Crippen LogP contribution is 2.36. The Morgan fingerprint density at radius 2 is 1.84 bits per heavy atom. The molecule has 1 aromatic heterocycles. The first kappa shape index (κ1) is 22.9. The molecule has 1 saturated heterocycles. The summed E-state index contributed by atoms with van der Waals surface area (Å²) in [6.07, 6.45) is 2.64. The van der Waals surface area contributed by atoms with E-state index in [0.717, 1.165) is 62.5 Å². The molecule has 10 heteroatoms. The van der Waals surface area contributed by atoms with Crippen LogP contribution in [0.25, 0.3) is 22.2 Å². The number of nitrogens with zero attached hydrogens (tertiary/aromatic N) is 3. The summed E-state index contributed by atoms with van der Waals surface area (Å²) in [5.74, 6) is 0.428. The molecule has 0 amide bonds. The van der Waals surface area contributed by atoms with Crippen molar-refractivity contribution in [3.05, 3.63) is 46.6 Å². The summed E-state index contributed by atoms with van der Waals surface area (Å²) in [6, 6.07) is 9.00. The molecule has 4 rings (SSSR count). The number of aromatic hydroxyl groups is 1. The van der Waals surface area contributed by atoms with Gasteiger partial charge in [0.1, 0.15) is 0 Å². The van der Waals surface area contributed by atoms with Crippen molar-refractivity contribution >= 4 is 57.4 Å². The van der Waals surface area contributed by atoms with Crippen LogP contribution < -0.4 is 10.6 Å². The molecule has 0 unspecified atom stereocenters. The molecule has 0 atom stereocenters. The van der Waals surface area contributed by atoms with Gasteiger partial charge in [0.15, 0.2) is 16.7 Å². The van der Waals surface area contributed by atoms with Crippen molar-refractivity contribution in [3.63, 3.8) is 0 Å². The standard InChI is InChI=1S/C22H23Cl2N5O2S/c23-16-10-15(11-17(24)21(16)30)14-2-3-18-19(12-14)27-20(13-26-18)28-22(32)25-4-1-5-29-6-8-31-9-7-29/h2-3,10-13,30H,1,4-9H2,(H2,25,27,28,32). The topological polar surface area (TPSA) is 82.5 Å². The van der Waals surface area contributed by atoms with Crippen LogP contribution in [0.4, 0.5) is 5.82 Å². The van der Waals surface area contributed by atoms with Crippen LogP contribution in [0.5, 0.6) is 5.75 Å². The molecule has 1 aliphatic rings. The predicted molar refractivity (Wildman–Crippen MR) is 133 cm³/mol. The van der Waals surface area contributed by atoms with E-state index in [4.69, 9.17) is 40.2 Å². The number of hydrogen-bond acceptors (Lipinski definition) is 6. The first-order valence-electron chi connectivity index (χ1n) is 10.3. The van der Waals surface area contributed by atoms with Crippen molar-refractivity contribution in [1.82, 2.24) is 20.2 Å². The van der Waals surface area contributed by atoms with Crippen molar-refractivity contribution in [2.24, 2.45) is 0 Å². The van der Waals surface area contributed by atoms with E-state index in [1.54, 1.807) is 18.3 Å². The molecule has 0 spiro atoms. The number of phenolic OH excluding ortho intramolecular Hbond substituents is 1. The summed E-state index contributed by atoms with van der Waals surface area (Å²) in [5.41, 5.74) is 3.08. The minimum absolute atomic E-state index is 0.130. The van der Waals surface area contributed by atoms with E-state index >= 15 is 0 Å². The van der Waals surface area contributed by atoms with Gasteiger partial charge in [-0.15, -0.1) is 0 Å². The quantitative estimate of drug-likeness (QED) is 0.347. The molecule has 2 aromatic carbocycles. The van der Waals surface area contributed by atoms with Crippen LogP contribution in [-0.2, 0) is 4.74 Å². The zero-order valence-corrected chi connectivity index (χ0v) is 19.6. The second kappa shape index (κ2) is 10.6. The van der Waals surface area contributed by atoms with Crippen LogP contribution in [0.15, 0.2) is 36.5 Å². The van der Waals surface area contributed by atoms with Crippen molar-refractivity contribution < 1.29 is 9.84 Å². The van der Waals surface area contributed by atoms with Crippen molar-refractivity contribution in [2.75, 3.05) is 44.7 Å². The molecule has 3 aromatic rings. The van der Waals surface area contributed by atoms with Gasteiger partial charge in [0.25, 0.3) is 0 Å². The Kier molecular flexibility index (Phi) is 7.59. The van der Waals surface area contributed by atoms with E-state index < -0.39 is 0 Å². The Morgan fingerprint density at radius 1 is 1.09 bits per heavy atom. The Labute approximate surface area is 201 Å². The van der Waals surface area contributed by atoms with Gasteiger partial charge in [-0.25, -0.2) is 4.98 Å². The van der Waals surface area contributed by atoms with E-state index in [0.29, 0.717) is 16.4 Å². The Morgan fingerprint density at radius 3 is 2.59 bits per heavy atom. The fourth-order valence-electron chi connectivity index (χ4n) is 3.47. The highest BCUT2D eigenvalue weighted by Gasteiger charge is 2.11. The minimum Gasteiger partial charge on any atom is -0.505 e. The molecule has 168 valence electrons. The van der Waals surface area contributed by atoms with Crippen LogP contribution >= 0.6 is 35.4 Å². The monoisotopic (exact) mass is 491 g/mol. The molecule has 0 bridgehead atoms. The number of nitrogens with one attached hydrogen (secondary N) is 2. The van der Waals surface area contributed by atoms with E-state index in [-0.39, 0.29) is 15.8 Å². The molecule has 3 N–H and O–H groups in total. The van der Waals surface area contributed by atoms with Crippen molar-refractivity contribution in [3.8, 4) is 16.9 Å². The van der Waals surface area contributed by atoms with Crippen molar-refractivity contribution in [1.29, 1.82) is 0 Å².